The van der Waals surface area contributed by atoms with E-state index in [1.54, 1.807) is 12.1 Å². The van der Waals surface area contributed by atoms with Gasteiger partial charge in [0, 0.05) is 30.0 Å². The van der Waals surface area contributed by atoms with Crippen molar-refractivity contribution in [3.63, 3.8) is 0 Å². The van der Waals surface area contributed by atoms with Crippen LogP contribution in [0.5, 0.6) is 0 Å². The van der Waals surface area contributed by atoms with Crippen molar-refractivity contribution in [1.82, 2.24) is 10.6 Å². The molecule has 0 bridgehead atoms. The Kier molecular flexibility index (Phi) is 8.82. The van der Waals surface area contributed by atoms with Crippen LogP contribution in [0.25, 0.3) is 0 Å². The van der Waals surface area contributed by atoms with E-state index >= 15 is 0 Å². The van der Waals surface area contributed by atoms with Crippen molar-refractivity contribution in [3.05, 3.63) is 39.9 Å². The lowest BCUT2D eigenvalue weighted by molar-refractivity contribution is -0.384. The van der Waals surface area contributed by atoms with Crippen LogP contribution in [0.3, 0.4) is 0 Å². The second kappa shape index (κ2) is 10.1. The molecule has 1 aromatic rings. The van der Waals surface area contributed by atoms with Crippen LogP contribution < -0.4 is 10.6 Å². The van der Waals surface area contributed by atoms with Crippen LogP contribution in [0.1, 0.15) is 32.3 Å². The molecule has 1 aliphatic rings. The van der Waals surface area contributed by atoms with Gasteiger partial charge in [0.1, 0.15) is 0 Å². The fourth-order valence-corrected chi connectivity index (χ4v) is 3.77. The van der Waals surface area contributed by atoms with Crippen LogP contribution in [0.4, 0.5) is 5.69 Å². The summed E-state index contributed by atoms with van der Waals surface area (Å²) in [5.74, 6) is 1.98. The molecule has 0 radical (unpaired) electrons. The van der Waals surface area contributed by atoms with Gasteiger partial charge < -0.3 is 10.6 Å². The van der Waals surface area contributed by atoms with Gasteiger partial charge in [0.2, 0.25) is 0 Å². The Morgan fingerprint density at radius 2 is 2.25 bits per heavy atom. The van der Waals surface area contributed by atoms with Gasteiger partial charge >= 0.3 is 0 Å². The molecule has 0 aromatic heterocycles. The van der Waals surface area contributed by atoms with E-state index in [1.807, 2.05) is 24.8 Å². The van der Waals surface area contributed by atoms with E-state index in [0.717, 1.165) is 24.6 Å². The smallest absolute Gasteiger partial charge is 0.269 e. The van der Waals surface area contributed by atoms with Gasteiger partial charge in [-0.15, -0.1) is 24.0 Å². The third kappa shape index (κ3) is 6.46. The second-order valence-electron chi connectivity index (χ2n) is 5.88. The Bertz CT molecular complexity index is 577. The van der Waals surface area contributed by atoms with E-state index in [0.29, 0.717) is 6.54 Å². The average molecular weight is 464 g/mol. The Balaban J connectivity index is 0.00000288. The number of guanidine groups is 1. The molecule has 0 saturated carbocycles. The number of nitrogens with zero attached hydrogens (tertiary/aromatic N) is 2. The highest BCUT2D eigenvalue weighted by Crippen LogP contribution is 2.36. The zero-order valence-electron chi connectivity index (χ0n) is 14.1. The zero-order valence-corrected chi connectivity index (χ0v) is 17.2. The number of nitro benzene ring substituents is 1. The normalized spacial score (nSPS) is 20.3. The molecular formula is C16H25IN4O2S. The topological polar surface area (TPSA) is 79.6 Å². The Morgan fingerprint density at radius 3 is 2.88 bits per heavy atom. The van der Waals surface area contributed by atoms with Gasteiger partial charge in [0.15, 0.2) is 5.96 Å². The summed E-state index contributed by atoms with van der Waals surface area (Å²) in [6.07, 6.45) is 2.49. The SMILES string of the molecule is CCNC(=NCc1cccc([N+](=O)[O-])c1)NCC1(C)CCCS1.I. The van der Waals surface area contributed by atoms with E-state index in [2.05, 4.69) is 22.5 Å². The van der Waals surface area contributed by atoms with E-state index in [9.17, 15) is 10.1 Å². The molecule has 134 valence electrons. The predicted molar refractivity (Wildman–Crippen MR) is 111 cm³/mol. The van der Waals surface area contributed by atoms with Gasteiger partial charge in [-0.25, -0.2) is 4.99 Å². The predicted octanol–water partition coefficient (Wildman–Crippen LogP) is 3.55. The number of hydrogen-bond acceptors (Lipinski definition) is 4. The fraction of sp³-hybridized carbons (Fsp3) is 0.562. The largest absolute Gasteiger partial charge is 0.357 e. The first-order chi connectivity index (χ1) is 11.0. The van der Waals surface area contributed by atoms with Crippen LogP contribution in [0.2, 0.25) is 0 Å². The van der Waals surface area contributed by atoms with Crippen LogP contribution in [-0.4, -0.2) is 34.5 Å². The Labute approximate surface area is 164 Å². The first-order valence-electron chi connectivity index (χ1n) is 7.92. The number of halogens is 1. The Hall–Kier alpha value is -1.03. The van der Waals surface area contributed by atoms with Crippen molar-refractivity contribution in [1.29, 1.82) is 0 Å². The maximum absolute atomic E-state index is 10.8. The van der Waals surface area contributed by atoms with Gasteiger partial charge in [-0.05, 0) is 38.0 Å². The maximum Gasteiger partial charge on any atom is 0.269 e. The summed E-state index contributed by atoms with van der Waals surface area (Å²) < 4.78 is 0.266. The minimum Gasteiger partial charge on any atom is -0.357 e. The molecule has 0 aliphatic carbocycles. The lowest BCUT2D eigenvalue weighted by Crippen LogP contribution is -2.43. The van der Waals surface area contributed by atoms with Crippen molar-refractivity contribution in [2.24, 2.45) is 4.99 Å². The highest BCUT2D eigenvalue weighted by Gasteiger charge is 2.29. The molecule has 1 aliphatic heterocycles. The second-order valence-corrected chi connectivity index (χ2v) is 7.56. The summed E-state index contributed by atoms with van der Waals surface area (Å²) in [6, 6.07) is 6.61. The number of benzene rings is 1. The molecule has 1 unspecified atom stereocenters. The lowest BCUT2D eigenvalue weighted by atomic mass is 10.1. The van der Waals surface area contributed by atoms with Gasteiger partial charge in [-0.2, -0.15) is 11.8 Å². The standard InChI is InChI=1S/C16H24N4O2S.HI/c1-3-17-15(19-12-16(2)8-5-9-23-16)18-11-13-6-4-7-14(10-13)20(21)22;/h4,6-7,10H,3,5,8-9,11-12H2,1-2H3,(H2,17,18,19);1H. The van der Waals surface area contributed by atoms with E-state index < -0.39 is 0 Å². The number of hydrogen-bond donors (Lipinski definition) is 2. The van der Waals surface area contributed by atoms with E-state index in [-0.39, 0.29) is 39.3 Å². The van der Waals surface area contributed by atoms with Crippen molar-refractivity contribution >= 4 is 47.4 Å². The van der Waals surface area contributed by atoms with Crippen molar-refractivity contribution in [3.8, 4) is 0 Å². The molecule has 1 saturated heterocycles. The van der Waals surface area contributed by atoms with Gasteiger partial charge in [0.25, 0.3) is 5.69 Å². The molecule has 0 amide bonds. The van der Waals surface area contributed by atoms with Crippen LogP contribution in [-0.2, 0) is 6.54 Å². The molecule has 8 heteroatoms. The molecular weight excluding hydrogens is 439 g/mol. The quantitative estimate of drug-likeness (QED) is 0.221. The van der Waals surface area contributed by atoms with Crippen LogP contribution in [0.15, 0.2) is 29.3 Å². The summed E-state index contributed by atoms with van der Waals surface area (Å²) in [4.78, 5) is 15.0. The fourth-order valence-electron chi connectivity index (χ4n) is 2.53. The van der Waals surface area contributed by atoms with Crippen LogP contribution in [0, 0.1) is 10.1 Å². The molecule has 1 atom stereocenters. The van der Waals surface area contributed by atoms with Crippen molar-refractivity contribution < 1.29 is 4.92 Å². The van der Waals surface area contributed by atoms with Gasteiger partial charge in [-0.1, -0.05) is 12.1 Å². The summed E-state index contributed by atoms with van der Waals surface area (Å²) in [5.41, 5.74) is 0.934. The summed E-state index contributed by atoms with van der Waals surface area (Å²) in [7, 11) is 0. The first-order valence-corrected chi connectivity index (χ1v) is 8.90. The third-order valence-electron chi connectivity index (χ3n) is 3.82. The molecule has 2 N–H and O–H groups in total. The Morgan fingerprint density at radius 1 is 1.46 bits per heavy atom. The molecule has 1 heterocycles. The monoisotopic (exact) mass is 464 g/mol. The van der Waals surface area contributed by atoms with E-state index in [1.165, 1.54) is 24.7 Å². The van der Waals surface area contributed by atoms with Gasteiger partial charge in [0.05, 0.1) is 11.5 Å². The number of rotatable bonds is 6. The minimum absolute atomic E-state index is 0. The average Bonchev–Trinajstić information content (AvgIpc) is 2.97. The molecule has 24 heavy (non-hydrogen) atoms. The zero-order chi connectivity index (χ0) is 16.7. The number of non-ortho nitro benzene ring substituents is 1. The third-order valence-corrected chi connectivity index (χ3v) is 5.35. The first kappa shape index (κ1) is 21.0. The maximum atomic E-state index is 10.8. The molecule has 0 spiro atoms. The molecule has 2 rings (SSSR count). The van der Waals surface area contributed by atoms with Crippen LogP contribution >= 0.6 is 35.7 Å². The number of aliphatic imine (C=N–C) groups is 1. The minimum atomic E-state index is -0.380. The van der Waals surface area contributed by atoms with Crippen molar-refractivity contribution in [2.75, 3.05) is 18.8 Å². The molecule has 1 fully saturated rings. The molecule has 6 nitrogen and oxygen atoms in total. The van der Waals surface area contributed by atoms with Crippen molar-refractivity contribution in [2.45, 2.75) is 38.0 Å². The lowest BCUT2D eigenvalue weighted by Gasteiger charge is -2.24. The number of nitrogens with one attached hydrogen (secondary N) is 2. The highest BCUT2D eigenvalue weighted by molar-refractivity contribution is 14.0. The highest BCUT2D eigenvalue weighted by atomic mass is 127. The number of thioether (sulfide) groups is 1. The van der Waals surface area contributed by atoms with Gasteiger partial charge in [-0.3, -0.25) is 10.1 Å². The summed E-state index contributed by atoms with van der Waals surface area (Å²) in [6.45, 7) is 6.38. The van der Waals surface area contributed by atoms with E-state index in [4.69, 9.17) is 0 Å². The summed E-state index contributed by atoms with van der Waals surface area (Å²) in [5, 5.41) is 17.4. The summed E-state index contributed by atoms with van der Waals surface area (Å²) >= 11 is 2.00. The number of nitro groups is 1. The molecule has 1 aromatic carbocycles.